The molecule has 0 atom stereocenters. The fourth-order valence-corrected chi connectivity index (χ4v) is 2.31. The Labute approximate surface area is 117 Å². The normalized spacial score (nSPS) is 13.2. The molecule has 0 fully saturated rings. The van der Waals surface area contributed by atoms with Crippen molar-refractivity contribution in [3.63, 3.8) is 0 Å². The van der Waals surface area contributed by atoms with E-state index in [1.165, 1.54) is 17.4 Å². The summed E-state index contributed by atoms with van der Waals surface area (Å²) in [6, 6.07) is 9.63. The number of amides is 1. The third-order valence-electron chi connectivity index (χ3n) is 3.36. The summed E-state index contributed by atoms with van der Waals surface area (Å²) >= 11 is 0. The van der Waals surface area contributed by atoms with Crippen LogP contribution in [-0.2, 0) is 6.42 Å². The van der Waals surface area contributed by atoms with E-state index in [4.69, 9.17) is 5.73 Å². The first-order valence-electron chi connectivity index (χ1n) is 6.62. The number of nitrogens with zero attached hydrogens (tertiary/aromatic N) is 1. The monoisotopic (exact) mass is 268 g/mol. The number of carbonyl (C=O) groups is 1. The molecule has 1 aromatic heterocycles. The minimum atomic E-state index is -0.469. The van der Waals surface area contributed by atoms with Crippen molar-refractivity contribution in [2.75, 3.05) is 17.2 Å². The van der Waals surface area contributed by atoms with Crippen LogP contribution in [0.2, 0.25) is 0 Å². The summed E-state index contributed by atoms with van der Waals surface area (Å²) in [6.45, 7) is 1.04. The van der Waals surface area contributed by atoms with E-state index >= 15 is 0 Å². The predicted octanol–water partition coefficient (Wildman–Crippen LogP) is 2.28. The summed E-state index contributed by atoms with van der Waals surface area (Å²) < 4.78 is 0. The van der Waals surface area contributed by atoms with Crippen molar-refractivity contribution >= 4 is 23.1 Å². The molecule has 1 aliphatic rings. The summed E-state index contributed by atoms with van der Waals surface area (Å²) in [7, 11) is 0. The highest BCUT2D eigenvalue weighted by atomic mass is 16.1. The standard InChI is InChI=1S/C15H16N4O/c16-15(20)11-3-6-14(18-9-11)19-12-4-5-13-10(8-12)2-1-7-17-13/h3-6,8-9,17H,1-2,7H2,(H2,16,20)(H,18,19). The summed E-state index contributed by atoms with van der Waals surface area (Å²) in [5, 5.41) is 6.61. The number of nitrogens with two attached hydrogens (primary N) is 1. The molecule has 0 aliphatic carbocycles. The number of nitrogens with one attached hydrogen (secondary N) is 2. The molecule has 3 rings (SSSR count). The van der Waals surface area contributed by atoms with Gasteiger partial charge in [0.05, 0.1) is 5.56 Å². The molecule has 102 valence electrons. The van der Waals surface area contributed by atoms with Gasteiger partial charge in [-0.25, -0.2) is 4.98 Å². The van der Waals surface area contributed by atoms with E-state index in [1.54, 1.807) is 12.1 Å². The Balaban J connectivity index is 1.78. The highest BCUT2D eigenvalue weighted by Crippen LogP contribution is 2.26. The first-order chi connectivity index (χ1) is 9.72. The lowest BCUT2D eigenvalue weighted by molar-refractivity contribution is 0.1000. The maximum absolute atomic E-state index is 11.0. The Kier molecular flexibility index (Phi) is 3.25. The average Bonchev–Trinajstić information content (AvgIpc) is 2.48. The van der Waals surface area contributed by atoms with Crippen LogP contribution in [0.5, 0.6) is 0 Å². The number of pyridine rings is 1. The fourth-order valence-electron chi connectivity index (χ4n) is 2.31. The van der Waals surface area contributed by atoms with Crippen LogP contribution in [0.4, 0.5) is 17.2 Å². The number of carbonyl (C=O) groups excluding carboxylic acids is 1. The SMILES string of the molecule is NC(=O)c1ccc(Nc2ccc3c(c2)CCCN3)nc1. The Morgan fingerprint density at radius 3 is 2.95 bits per heavy atom. The molecule has 0 spiro atoms. The van der Waals surface area contributed by atoms with Gasteiger partial charge < -0.3 is 16.4 Å². The second kappa shape index (κ2) is 5.21. The van der Waals surface area contributed by atoms with E-state index in [2.05, 4.69) is 27.8 Å². The van der Waals surface area contributed by atoms with Gasteiger partial charge in [0, 0.05) is 24.1 Å². The van der Waals surface area contributed by atoms with Crippen molar-refractivity contribution in [1.29, 1.82) is 0 Å². The lowest BCUT2D eigenvalue weighted by atomic mass is 10.0. The van der Waals surface area contributed by atoms with Crippen molar-refractivity contribution < 1.29 is 4.79 Å². The van der Waals surface area contributed by atoms with Gasteiger partial charge in [0.2, 0.25) is 5.91 Å². The number of aryl methyl sites for hydroxylation is 1. The number of aromatic nitrogens is 1. The highest BCUT2D eigenvalue weighted by molar-refractivity contribution is 5.92. The lowest BCUT2D eigenvalue weighted by Gasteiger charge is -2.19. The van der Waals surface area contributed by atoms with E-state index in [-0.39, 0.29) is 0 Å². The first kappa shape index (κ1) is 12.5. The Morgan fingerprint density at radius 2 is 2.20 bits per heavy atom. The minimum Gasteiger partial charge on any atom is -0.385 e. The van der Waals surface area contributed by atoms with Crippen molar-refractivity contribution in [3.8, 4) is 0 Å². The summed E-state index contributed by atoms with van der Waals surface area (Å²) in [6.07, 6.45) is 3.72. The third kappa shape index (κ3) is 2.56. The largest absolute Gasteiger partial charge is 0.385 e. The summed E-state index contributed by atoms with van der Waals surface area (Å²) in [4.78, 5) is 15.2. The minimum absolute atomic E-state index is 0.408. The average molecular weight is 268 g/mol. The van der Waals surface area contributed by atoms with Gasteiger partial charge >= 0.3 is 0 Å². The molecule has 1 aliphatic heterocycles. The number of rotatable bonds is 3. The molecule has 4 N–H and O–H groups in total. The summed E-state index contributed by atoms with van der Waals surface area (Å²) in [5.74, 6) is 0.225. The number of benzene rings is 1. The summed E-state index contributed by atoms with van der Waals surface area (Å²) in [5.41, 5.74) is 9.11. The van der Waals surface area contributed by atoms with Crippen LogP contribution in [0, 0.1) is 0 Å². The molecule has 1 amide bonds. The van der Waals surface area contributed by atoms with Crippen LogP contribution in [0.3, 0.4) is 0 Å². The van der Waals surface area contributed by atoms with Crippen LogP contribution in [0.1, 0.15) is 22.3 Å². The Morgan fingerprint density at radius 1 is 1.30 bits per heavy atom. The van der Waals surface area contributed by atoms with E-state index in [0.717, 1.165) is 25.1 Å². The zero-order chi connectivity index (χ0) is 13.9. The number of hydrogen-bond acceptors (Lipinski definition) is 4. The molecular weight excluding hydrogens is 252 g/mol. The van der Waals surface area contributed by atoms with Gasteiger partial charge in [-0.05, 0) is 48.7 Å². The van der Waals surface area contributed by atoms with Gasteiger partial charge in [-0.1, -0.05) is 0 Å². The van der Waals surface area contributed by atoms with Crippen LogP contribution in [-0.4, -0.2) is 17.4 Å². The topological polar surface area (TPSA) is 80.0 Å². The Hall–Kier alpha value is -2.56. The molecule has 0 bridgehead atoms. The molecule has 20 heavy (non-hydrogen) atoms. The molecule has 0 saturated carbocycles. The van der Waals surface area contributed by atoms with Crippen LogP contribution < -0.4 is 16.4 Å². The number of anilines is 3. The first-order valence-corrected chi connectivity index (χ1v) is 6.62. The second-order valence-electron chi connectivity index (χ2n) is 4.82. The molecule has 5 heteroatoms. The number of fused-ring (bicyclic) bond motifs is 1. The van der Waals surface area contributed by atoms with Gasteiger partial charge in [0.1, 0.15) is 5.82 Å². The molecule has 0 saturated heterocycles. The van der Waals surface area contributed by atoms with Crippen molar-refractivity contribution in [2.24, 2.45) is 5.73 Å². The molecule has 0 radical (unpaired) electrons. The smallest absolute Gasteiger partial charge is 0.250 e. The van der Waals surface area contributed by atoms with Crippen molar-refractivity contribution in [1.82, 2.24) is 4.98 Å². The van der Waals surface area contributed by atoms with Gasteiger partial charge in [-0.15, -0.1) is 0 Å². The molecule has 2 aromatic rings. The highest BCUT2D eigenvalue weighted by Gasteiger charge is 2.09. The van der Waals surface area contributed by atoms with Crippen LogP contribution in [0.25, 0.3) is 0 Å². The van der Waals surface area contributed by atoms with Gasteiger partial charge in [-0.2, -0.15) is 0 Å². The van der Waals surface area contributed by atoms with Gasteiger partial charge in [0.15, 0.2) is 0 Å². The van der Waals surface area contributed by atoms with Gasteiger partial charge in [0.25, 0.3) is 0 Å². The lowest BCUT2D eigenvalue weighted by Crippen LogP contribution is -2.12. The maximum Gasteiger partial charge on any atom is 0.250 e. The molecule has 0 unspecified atom stereocenters. The van der Waals surface area contributed by atoms with Gasteiger partial charge in [-0.3, -0.25) is 4.79 Å². The quantitative estimate of drug-likeness (QED) is 0.797. The van der Waals surface area contributed by atoms with E-state index in [1.807, 2.05) is 6.07 Å². The zero-order valence-corrected chi connectivity index (χ0v) is 11.0. The van der Waals surface area contributed by atoms with E-state index in [0.29, 0.717) is 11.4 Å². The molecular formula is C15H16N4O. The van der Waals surface area contributed by atoms with Crippen molar-refractivity contribution in [2.45, 2.75) is 12.8 Å². The Bertz CT molecular complexity index is 637. The van der Waals surface area contributed by atoms with Crippen molar-refractivity contribution in [3.05, 3.63) is 47.7 Å². The molecule has 2 heterocycles. The fraction of sp³-hybridized carbons (Fsp3) is 0.200. The van der Waals surface area contributed by atoms with E-state index < -0.39 is 5.91 Å². The third-order valence-corrected chi connectivity index (χ3v) is 3.36. The second-order valence-corrected chi connectivity index (χ2v) is 4.82. The van der Waals surface area contributed by atoms with E-state index in [9.17, 15) is 4.79 Å². The predicted molar refractivity (Wildman–Crippen MR) is 79.3 cm³/mol. The molecule has 1 aromatic carbocycles. The number of hydrogen-bond donors (Lipinski definition) is 3. The number of primary amides is 1. The van der Waals surface area contributed by atoms with Crippen LogP contribution in [0.15, 0.2) is 36.5 Å². The molecule has 5 nitrogen and oxygen atoms in total. The van der Waals surface area contributed by atoms with Crippen LogP contribution >= 0.6 is 0 Å². The maximum atomic E-state index is 11.0. The zero-order valence-electron chi connectivity index (χ0n) is 11.0.